The van der Waals surface area contributed by atoms with Gasteiger partial charge in [-0.15, -0.1) is 0 Å². The predicted octanol–water partition coefficient (Wildman–Crippen LogP) is 1.14. The average Bonchev–Trinajstić information content (AvgIpc) is 2.44. The fourth-order valence-corrected chi connectivity index (χ4v) is 2.00. The van der Waals surface area contributed by atoms with Crippen LogP contribution in [-0.2, 0) is 15.0 Å². The highest BCUT2D eigenvalue weighted by molar-refractivity contribution is 6.18. The summed E-state index contributed by atoms with van der Waals surface area (Å²) in [4.78, 5) is 26.5. The molecule has 118 valence electrons. The van der Waals surface area contributed by atoms with Crippen LogP contribution < -0.4 is 15.8 Å². The molecule has 2 amide bonds. The molecule has 0 aromatic heterocycles. The number of hydrogen-bond donors (Lipinski definition) is 2. The number of rotatable bonds is 4. The van der Waals surface area contributed by atoms with E-state index in [1.807, 2.05) is 24.3 Å². The van der Waals surface area contributed by atoms with Crippen molar-refractivity contribution >= 4 is 17.6 Å². The molecule has 1 aliphatic heterocycles. The lowest BCUT2D eigenvalue weighted by Gasteiger charge is -2.19. The van der Waals surface area contributed by atoms with Crippen LogP contribution in [0.2, 0.25) is 0 Å². The second-order valence-corrected chi connectivity index (χ2v) is 6.24. The molecule has 1 aromatic rings. The Balaban J connectivity index is 1.88. The van der Waals surface area contributed by atoms with Gasteiger partial charge in [-0.25, -0.2) is 0 Å². The zero-order valence-corrected chi connectivity index (χ0v) is 13.1. The molecular weight excluding hydrogens is 282 g/mol. The first-order valence-electron chi connectivity index (χ1n) is 7.18. The number of amides is 2. The fraction of sp³-hybridized carbons (Fsp3) is 0.438. The molecule has 0 radical (unpaired) electrons. The van der Waals surface area contributed by atoms with Crippen LogP contribution in [0.3, 0.4) is 0 Å². The maximum atomic E-state index is 11.4. The van der Waals surface area contributed by atoms with Crippen LogP contribution in [0.4, 0.5) is 0 Å². The quantitative estimate of drug-likeness (QED) is 0.815. The van der Waals surface area contributed by atoms with Gasteiger partial charge in [0.1, 0.15) is 11.6 Å². The van der Waals surface area contributed by atoms with Crippen molar-refractivity contribution < 1.29 is 14.3 Å². The molecule has 0 saturated heterocycles. The molecule has 22 heavy (non-hydrogen) atoms. The average molecular weight is 303 g/mol. The SMILES string of the molecule is CC(C)(C)c1ccc(OCCC2=NC(=O)C(N)C(=O)N2)cc1. The fourth-order valence-electron chi connectivity index (χ4n) is 2.00. The second-order valence-electron chi connectivity index (χ2n) is 6.24. The Morgan fingerprint density at radius 1 is 1.23 bits per heavy atom. The summed E-state index contributed by atoms with van der Waals surface area (Å²) < 4.78 is 5.60. The van der Waals surface area contributed by atoms with Crippen LogP contribution >= 0.6 is 0 Å². The summed E-state index contributed by atoms with van der Waals surface area (Å²) in [5.41, 5.74) is 6.67. The van der Waals surface area contributed by atoms with Crippen molar-refractivity contribution in [1.29, 1.82) is 0 Å². The van der Waals surface area contributed by atoms with Crippen LogP contribution in [0.1, 0.15) is 32.8 Å². The first kappa shape index (κ1) is 16.2. The molecule has 6 heteroatoms. The highest BCUT2D eigenvalue weighted by atomic mass is 16.5. The van der Waals surface area contributed by atoms with Crippen molar-refractivity contribution in [2.45, 2.75) is 38.6 Å². The molecule has 3 N–H and O–H groups in total. The maximum Gasteiger partial charge on any atom is 0.273 e. The molecule has 0 saturated carbocycles. The Labute approximate surface area is 129 Å². The number of hydrogen-bond acceptors (Lipinski definition) is 4. The molecule has 1 aliphatic rings. The number of carbonyl (C=O) groups excluding carboxylic acids is 2. The topological polar surface area (TPSA) is 93.8 Å². The van der Waals surface area contributed by atoms with E-state index < -0.39 is 17.9 Å². The standard InChI is InChI=1S/C16H21N3O3/c1-16(2,3)10-4-6-11(7-5-10)22-9-8-12-18-14(20)13(17)15(21)19-12/h4-7,13H,8-9,17H2,1-3H3,(H,18,19,20,21). The lowest BCUT2D eigenvalue weighted by Crippen LogP contribution is -2.52. The van der Waals surface area contributed by atoms with E-state index in [1.165, 1.54) is 5.56 Å². The number of nitrogens with zero attached hydrogens (tertiary/aromatic N) is 1. The maximum absolute atomic E-state index is 11.4. The molecule has 0 spiro atoms. The van der Waals surface area contributed by atoms with Gasteiger partial charge >= 0.3 is 0 Å². The van der Waals surface area contributed by atoms with E-state index in [-0.39, 0.29) is 5.41 Å². The van der Waals surface area contributed by atoms with Crippen LogP contribution in [-0.4, -0.2) is 30.3 Å². The molecule has 6 nitrogen and oxygen atoms in total. The number of aliphatic imine (C=N–C) groups is 1. The van der Waals surface area contributed by atoms with E-state index in [0.29, 0.717) is 18.9 Å². The van der Waals surface area contributed by atoms with Gasteiger partial charge in [0.15, 0.2) is 6.04 Å². The van der Waals surface area contributed by atoms with Gasteiger partial charge in [-0.3, -0.25) is 9.59 Å². The predicted molar refractivity (Wildman–Crippen MR) is 83.8 cm³/mol. The van der Waals surface area contributed by atoms with Crippen molar-refractivity contribution in [3.05, 3.63) is 29.8 Å². The van der Waals surface area contributed by atoms with Gasteiger partial charge in [-0.2, -0.15) is 4.99 Å². The third kappa shape index (κ3) is 3.92. The third-order valence-electron chi connectivity index (χ3n) is 3.39. The molecule has 2 rings (SSSR count). The highest BCUT2D eigenvalue weighted by Crippen LogP contribution is 2.24. The zero-order valence-electron chi connectivity index (χ0n) is 13.1. The monoisotopic (exact) mass is 303 g/mol. The number of nitrogens with one attached hydrogen (secondary N) is 1. The van der Waals surface area contributed by atoms with E-state index in [0.717, 1.165) is 5.75 Å². The largest absolute Gasteiger partial charge is 0.493 e. The van der Waals surface area contributed by atoms with Gasteiger partial charge in [-0.1, -0.05) is 32.9 Å². The van der Waals surface area contributed by atoms with Crippen molar-refractivity contribution in [3.8, 4) is 5.75 Å². The Bertz CT molecular complexity index is 600. The second kappa shape index (κ2) is 6.27. The lowest BCUT2D eigenvalue weighted by atomic mass is 9.87. The van der Waals surface area contributed by atoms with Crippen molar-refractivity contribution in [2.75, 3.05) is 6.61 Å². The molecule has 1 unspecified atom stereocenters. The molecule has 0 bridgehead atoms. The Kier molecular flexibility index (Phi) is 4.61. The molecule has 1 atom stereocenters. The smallest absolute Gasteiger partial charge is 0.273 e. The minimum atomic E-state index is -1.20. The van der Waals surface area contributed by atoms with Gasteiger partial charge in [-0.05, 0) is 23.1 Å². The van der Waals surface area contributed by atoms with E-state index >= 15 is 0 Å². The summed E-state index contributed by atoms with van der Waals surface area (Å²) in [6.07, 6.45) is 0.339. The molecule has 1 heterocycles. The summed E-state index contributed by atoms with van der Waals surface area (Å²) in [6.45, 7) is 6.76. The van der Waals surface area contributed by atoms with Gasteiger partial charge in [0.05, 0.1) is 6.61 Å². The Morgan fingerprint density at radius 2 is 1.86 bits per heavy atom. The van der Waals surface area contributed by atoms with E-state index in [4.69, 9.17) is 10.5 Å². The minimum Gasteiger partial charge on any atom is -0.493 e. The molecule has 0 aliphatic carbocycles. The van der Waals surface area contributed by atoms with Gasteiger partial charge < -0.3 is 15.8 Å². The van der Waals surface area contributed by atoms with Crippen molar-refractivity contribution in [2.24, 2.45) is 10.7 Å². The third-order valence-corrected chi connectivity index (χ3v) is 3.39. The molecule has 0 fully saturated rings. The molecular formula is C16H21N3O3. The molecule has 1 aromatic carbocycles. The van der Waals surface area contributed by atoms with Crippen LogP contribution in [0.15, 0.2) is 29.3 Å². The van der Waals surface area contributed by atoms with Crippen LogP contribution in [0.5, 0.6) is 5.75 Å². The van der Waals surface area contributed by atoms with Crippen molar-refractivity contribution in [3.63, 3.8) is 0 Å². The first-order valence-corrected chi connectivity index (χ1v) is 7.18. The lowest BCUT2D eigenvalue weighted by molar-refractivity contribution is -0.129. The summed E-state index contributed by atoms with van der Waals surface area (Å²) in [7, 11) is 0. The minimum absolute atomic E-state index is 0.0960. The summed E-state index contributed by atoms with van der Waals surface area (Å²) in [6, 6.07) is 6.66. The van der Waals surface area contributed by atoms with E-state index in [2.05, 4.69) is 31.1 Å². The normalized spacial score (nSPS) is 18.7. The zero-order chi connectivity index (χ0) is 16.3. The number of carbonyl (C=O) groups is 2. The summed E-state index contributed by atoms with van der Waals surface area (Å²) in [5, 5.41) is 2.50. The number of benzene rings is 1. The number of ether oxygens (including phenoxy) is 1. The Morgan fingerprint density at radius 3 is 2.41 bits per heavy atom. The van der Waals surface area contributed by atoms with E-state index in [1.54, 1.807) is 0 Å². The summed E-state index contributed by atoms with van der Waals surface area (Å²) >= 11 is 0. The van der Waals surface area contributed by atoms with Gasteiger partial charge in [0, 0.05) is 6.42 Å². The van der Waals surface area contributed by atoms with Crippen molar-refractivity contribution in [1.82, 2.24) is 5.32 Å². The summed E-state index contributed by atoms with van der Waals surface area (Å²) in [5.74, 6) is -0.111. The number of amidine groups is 1. The number of nitrogens with two attached hydrogens (primary N) is 1. The highest BCUT2D eigenvalue weighted by Gasteiger charge is 2.27. The first-order chi connectivity index (χ1) is 10.3. The van der Waals surface area contributed by atoms with Gasteiger partial charge in [0.2, 0.25) is 0 Å². The van der Waals surface area contributed by atoms with Gasteiger partial charge in [0.25, 0.3) is 11.8 Å². The van der Waals surface area contributed by atoms with Crippen LogP contribution in [0.25, 0.3) is 0 Å². The van der Waals surface area contributed by atoms with Crippen LogP contribution in [0, 0.1) is 0 Å². The van der Waals surface area contributed by atoms with E-state index in [9.17, 15) is 9.59 Å². The Hall–Kier alpha value is -2.21.